The molecule has 2 heterocycles. The highest BCUT2D eigenvalue weighted by Gasteiger charge is 2.45. The van der Waals surface area contributed by atoms with E-state index in [1.807, 2.05) is 0 Å². The molecule has 0 bridgehead atoms. The highest BCUT2D eigenvalue weighted by Crippen LogP contribution is 2.47. The zero-order valence-electron chi connectivity index (χ0n) is 17.5. The molecule has 2 aliphatic heterocycles. The van der Waals surface area contributed by atoms with E-state index in [1.165, 1.54) is 7.11 Å². The van der Waals surface area contributed by atoms with Crippen LogP contribution in [0.15, 0.2) is 36.4 Å². The first-order valence-electron chi connectivity index (χ1n) is 10.1. The van der Waals surface area contributed by atoms with Gasteiger partial charge in [0, 0.05) is 31.0 Å². The smallest absolute Gasteiger partial charge is 0.260 e. The second kappa shape index (κ2) is 8.67. The number of hydrogen-bond donors (Lipinski definition) is 0. The average molecular weight is 446 g/mol. The molecule has 2 aromatic rings. The van der Waals surface area contributed by atoms with Crippen molar-refractivity contribution in [3.63, 3.8) is 0 Å². The van der Waals surface area contributed by atoms with E-state index in [9.17, 15) is 9.59 Å². The Morgan fingerprint density at radius 3 is 2.45 bits per heavy atom. The maximum Gasteiger partial charge on any atom is 0.260 e. The molecule has 1 fully saturated rings. The van der Waals surface area contributed by atoms with Crippen LogP contribution in [0.4, 0.5) is 0 Å². The van der Waals surface area contributed by atoms with Gasteiger partial charge in [0.05, 0.1) is 26.2 Å². The van der Waals surface area contributed by atoms with Gasteiger partial charge in [0.2, 0.25) is 5.75 Å². The number of amides is 1. The fraction of sp³-hybridized carbons (Fsp3) is 0.391. The first kappa shape index (κ1) is 21.3. The van der Waals surface area contributed by atoms with Crippen LogP contribution >= 0.6 is 11.6 Å². The Morgan fingerprint density at radius 1 is 1.10 bits per heavy atom. The summed E-state index contributed by atoms with van der Waals surface area (Å²) in [5.74, 6) is 1.84. The SMILES string of the molecule is COc1ccc2c(c1OC)OC1(CCN(C(=O)COc3ccc(Cl)cc3)CC1)CC2=O. The molecule has 1 saturated heterocycles. The van der Waals surface area contributed by atoms with Crippen molar-refractivity contribution >= 4 is 23.3 Å². The number of hydrogen-bond acceptors (Lipinski definition) is 6. The van der Waals surface area contributed by atoms with Crippen LogP contribution in [0.5, 0.6) is 23.0 Å². The van der Waals surface area contributed by atoms with E-state index in [1.54, 1.807) is 48.4 Å². The minimum atomic E-state index is -0.655. The summed E-state index contributed by atoms with van der Waals surface area (Å²) in [6, 6.07) is 10.3. The quantitative estimate of drug-likeness (QED) is 0.697. The Labute approximate surface area is 185 Å². The fourth-order valence-electron chi connectivity index (χ4n) is 4.07. The molecular formula is C23H24ClNO6. The third-order valence-electron chi connectivity index (χ3n) is 5.81. The Bertz CT molecular complexity index is 982. The number of carbonyl (C=O) groups is 2. The van der Waals surface area contributed by atoms with Crippen molar-refractivity contribution < 1.29 is 28.5 Å². The number of ketones is 1. The van der Waals surface area contributed by atoms with Gasteiger partial charge in [-0.05, 0) is 36.4 Å². The summed E-state index contributed by atoms with van der Waals surface area (Å²) < 4.78 is 22.7. The number of likely N-dealkylation sites (tertiary alicyclic amines) is 1. The van der Waals surface area contributed by atoms with E-state index in [0.29, 0.717) is 59.5 Å². The molecule has 0 radical (unpaired) electrons. The van der Waals surface area contributed by atoms with Crippen LogP contribution in [-0.4, -0.2) is 56.1 Å². The molecule has 0 unspecified atom stereocenters. The summed E-state index contributed by atoms with van der Waals surface area (Å²) in [5.41, 5.74) is -0.157. The lowest BCUT2D eigenvalue weighted by Crippen LogP contribution is -2.53. The van der Waals surface area contributed by atoms with Gasteiger partial charge in [-0.25, -0.2) is 0 Å². The Kier molecular flexibility index (Phi) is 5.96. The van der Waals surface area contributed by atoms with Crippen LogP contribution in [-0.2, 0) is 4.79 Å². The molecule has 1 amide bonds. The van der Waals surface area contributed by atoms with Gasteiger partial charge < -0.3 is 23.8 Å². The highest BCUT2D eigenvalue weighted by molar-refractivity contribution is 6.30. The van der Waals surface area contributed by atoms with Crippen LogP contribution < -0.4 is 18.9 Å². The summed E-state index contributed by atoms with van der Waals surface area (Å²) in [6.45, 7) is 0.914. The molecule has 0 atom stereocenters. The molecule has 8 heteroatoms. The fourth-order valence-corrected chi connectivity index (χ4v) is 4.20. The van der Waals surface area contributed by atoms with E-state index < -0.39 is 5.60 Å². The molecule has 0 aliphatic carbocycles. The van der Waals surface area contributed by atoms with E-state index in [2.05, 4.69) is 0 Å². The van der Waals surface area contributed by atoms with Crippen LogP contribution in [0.2, 0.25) is 5.02 Å². The second-order valence-corrected chi connectivity index (χ2v) is 8.12. The van der Waals surface area contributed by atoms with Crippen LogP contribution in [0.1, 0.15) is 29.6 Å². The minimum Gasteiger partial charge on any atom is -0.493 e. The van der Waals surface area contributed by atoms with Crippen LogP contribution in [0, 0.1) is 0 Å². The van der Waals surface area contributed by atoms with Crippen molar-refractivity contribution in [1.82, 2.24) is 4.90 Å². The van der Waals surface area contributed by atoms with Gasteiger partial charge in [-0.3, -0.25) is 9.59 Å². The number of nitrogens with zero attached hydrogens (tertiary/aromatic N) is 1. The van der Waals surface area contributed by atoms with Crippen LogP contribution in [0.25, 0.3) is 0 Å². The number of carbonyl (C=O) groups excluding carboxylic acids is 2. The lowest BCUT2D eigenvalue weighted by molar-refractivity contribution is -0.137. The number of rotatable bonds is 5. The van der Waals surface area contributed by atoms with Crippen molar-refractivity contribution in [3.8, 4) is 23.0 Å². The van der Waals surface area contributed by atoms with Gasteiger partial charge >= 0.3 is 0 Å². The van der Waals surface area contributed by atoms with E-state index in [-0.39, 0.29) is 24.7 Å². The summed E-state index contributed by atoms with van der Waals surface area (Å²) >= 11 is 5.86. The molecule has 0 N–H and O–H groups in total. The van der Waals surface area contributed by atoms with Gasteiger partial charge in [-0.15, -0.1) is 0 Å². The summed E-state index contributed by atoms with van der Waals surface area (Å²) in [4.78, 5) is 27.2. The summed E-state index contributed by atoms with van der Waals surface area (Å²) in [7, 11) is 3.07. The van der Waals surface area contributed by atoms with Gasteiger partial charge in [-0.2, -0.15) is 0 Å². The van der Waals surface area contributed by atoms with E-state index in [0.717, 1.165) is 0 Å². The largest absolute Gasteiger partial charge is 0.493 e. The zero-order chi connectivity index (χ0) is 22.0. The molecule has 1 spiro atoms. The number of halogens is 1. The molecule has 7 nitrogen and oxygen atoms in total. The maximum atomic E-state index is 12.8. The normalized spacial score (nSPS) is 17.0. The molecular weight excluding hydrogens is 422 g/mol. The number of ether oxygens (including phenoxy) is 4. The number of fused-ring (bicyclic) bond motifs is 1. The first-order chi connectivity index (χ1) is 14.9. The van der Waals surface area contributed by atoms with Crippen molar-refractivity contribution in [2.45, 2.75) is 24.9 Å². The molecule has 0 saturated carbocycles. The monoisotopic (exact) mass is 445 g/mol. The Balaban J connectivity index is 1.41. The number of benzene rings is 2. The van der Waals surface area contributed by atoms with Crippen molar-refractivity contribution in [2.24, 2.45) is 0 Å². The van der Waals surface area contributed by atoms with Gasteiger partial charge in [-0.1, -0.05) is 11.6 Å². The molecule has 0 aromatic heterocycles. The number of methoxy groups -OCH3 is 2. The molecule has 2 aliphatic rings. The van der Waals surface area contributed by atoms with E-state index >= 15 is 0 Å². The topological polar surface area (TPSA) is 74.3 Å². The number of Topliss-reactive ketones (excluding diaryl/α,β-unsaturated/α-hetero) is 1. The molecule has 164 valence electrons. The van der Waals surface area contributed by atoms with Crippen molar-refractivity contribution in [3.05, 3.63) is 47.0 Å². The molecule has 4 rings (SSSR count). The Hall–Kier alpha value is -2.93. The van der Waals surface area contributed by atoms with Gasteiger partial charge in [0.1, 0.15) is 11.4 Å². The third-order valence-corrected chi connectivity index (χ3v) is 6.06. The lowest BCUT2D eigenvalue weighted by Gasteiger charge is -2.44. The molecule has 31 heavy (non-hydrogen) atoms. The summed E-state index contributed by atoms with van der Waals surface area (Å²) in [6.07, 6.45) is 1.37. The van der Waals surface area contributed by atoms with E-state index in [4.69, 9.17) is 30.5 Å². The predicted molar refractivity (Wildman–Crippen MR) is 115 cm³/mol. The predicted octanol–water partition coefficient (Wildman–Crippen LogP) is 3.76. The van der Waals surface area contributed by atoms with Gasteiger partial charge in [0.15, 0.2) is 23.9 Å². The molecule has 2 aromatic carbocycles. The number of piperidine rings is 1. The minimum absolute atomic E-state index is 0.00745. The highest BCUT2D eigenvalue weighted by atomic mass is 35.5. The van der Waals surface area contributed by atoms with Crippen molar-refractivity contribution in [1.29, 1.82) is 0 Å². The summed E-state index contributed by atoms with van der Waals surface area (Å²) in [5, 5.41) is 0.609. The van der Waals surface area contributed by atoms with Crippen LogP contribution in [0.3, 0.4) is 0 Å². The third kappa shape index (κ3) is 4.28. The Morgan fingerprint density at radius 2 is 1.81 bits per heavy atom. The van der Waals surface area contributed by atoms with Crippen molar-refractivity contribution in [2.75, 3.05) is 33.9 Å². The second-order valence-electron chi connectivity index (χ2n) is 7.69. The first-order valence-corrected chi connectivity index (χ1v) is 10.5. The van der Waals surface area contributed by atoms with Gasteiger partial charge in [0.25, 0.3) is 5.91 Å². The average Bonchev–Trinajstić information content (AvgIpc) is 2.78. The lowest BCUT2D eigenvalue weighted by atomic mass is 9.82. The maximum absolute atomic E-state index is 12.8. The zero-order valence-corrected chi connectivity index (χ0v) is 18.2. The standard InChI is InChI=1S/C23H24ClNO6/c1-28-19-8-7-17-18(26)13-23(31-21(17)22(19)29-2)9-11-25(12-10-23)20(27)14-30-16-5-3-15(24)4-6-16/h3-8H,9-14H2,1-2H3.